The van der Waals surface area contributed by atoms with Crippen LogP contribution in [-0.2, 0) is 0 Å². The Morgan fingerprint density at radius 3 is 2.60 bits per heavy atom. The quantitative estimate of drug-likeness (QED) is 0.622. The molecule has 1 fully saturated rings. The van der Waals surface area contributed by atoms with Crippen LogP contribution in [0.2, 0.25) is 0 Å². The molecular weight excluding hydrogens is 338 g/mol. The van der Waals surface area contributed by atoms with Gasteiger partial charge < -0.3 is 4.90 Å². The fraction of sp³-hybridized carbons (Fsp3) is 0.250. The molecule has 1 aromatic heterocycles. The maximum atomic E-state index is 14.0. The first-order valence-corrected chi connectivity index (χ1v) is 9.18. The third kappa shape index (κ3) is 3.16. The van der Waals surface area contributed by atoms with Crippen LogP contribution in [-0.4, -0.2) is 23.0 Å². The Bertz CT molecular complexity index is 893. The minimum absolute atomic E-state index is 0.375. The van der Waals surface area contributed by atoms with Crippen molar-refractivity contribution in [3.63, 3.8) is 0 Å². The van der Waals surface area contributed by atoms with Gasteiger partial charge >= 0.3 is 0 Å². The SMILES string of the molecule is C=C(c1ccc(F)cc1F)N1CCC(c2nc3ccccc3s2)CC1. The number of likely N-dealkylation sites (tertiary alicyclic amines) is 1. The molecule has 1 aliphatic heterocycles. The molecule has 0 N–H and O–H groups in total. The summed E-state index contributed by atoms with van der Waals surface area (Å²) < 4.78 is 28.3. The highest BCUT2D eigenvalue weighted by Crippen LogP contribution is 2.35. The lowest BCUT2D eigenvalue weighted by molar-refractivity contribution is 0.298. The van der Waals surface area contributed by atoms with Crippen LogP contribution in [0.25, 0.3) is 15.9 Å². The first kappa shape index (κ1) is 16.2. The molecule has 128 valence electrons. The van der Waals surface area contributed by atoms with E-state index in [0.717, 1.165) is 37.5 Å². The second-order valence-corrected chi connectivity index (χ2v) is 7.41. The van der Waals surface area contributed by atoms with E-state index < -0.39 is 11.6 Å². The molecule has 2 heterocycles. The molecular formula is C20H18F2N2S. The highest BCUT2D eigenvalue weighted by molar-refractivity contribution is 7.18. The summed E-state index contributed by atoms with van der Waals surface area (Å²) in [7, 11) is 0. The predicted octanol–water partition coefficient (Wildman–Crippen LogP) is 5.42. The van der Waals surface area contributed by atoms with E-state index in [1.165, 1.54) is 21.8 Å². The molecule has 25 heavy (non-hydrogen) atoms. The Balaban J connectivity index is 1.46. The van der Waals surface area contributed by atoms with Crippen molar-refractivity contribution in [3.8, 4) is 0 Å². The number of thiazole rings is 1. The van der Waals surface area contributed by atoms with Crippen molar-refractivity contribution in [1.82, 2.24) is 9.88 Å². The van der Waals surface area contributed by atoms with E-state index >= 15 is 0 Å². The molecule has 0 amide bonds. The van der Waals surface area contributed by atoms with Crippen LogP contribution < -0.4 is 0 Å². The molecule has 0 unspecified atom stereocenters. The van der Waals surface area contributed by atoms with E-state index in [1.807, 2.05) is 18.2 Å². The average Bonchev–Trinajstić information content (AvgIpc) is 3.05. The zero-order chi connectivity index (χ0) is 17.4. The lowest BCUT2D eigenvalue weighted by atomic mass is 9.96. The zero-order valence-corrected chi connectivity index (χ0v) is 14.5. The van der Waals surface area contributed by atoms with Gasteiger partial charge in [0.05, 0.1) is 15.2 Å². The normalized spacial score (nSPS) is 15.7. The lowest BCUT2D eigenvalue weighted by Crippen LogP contribution is -2.31. The first-order chi connectivity index (χ1) is 12.1. The minimum Gasteiger partial charge on any atom is -0.371 e. The molecule has 5 heteroatoms. The van der Waals surface area contributed by atoms with Gasteiger partial charge in [0.25, 0.3) is 0 Å². The standard InChI is InChI=1S/C20H18F2N2S/c1-13(16-7-6-15(21)12-17(16)22)24-10-8-14(9-11-24)20-23-18-4-2-3-5-19(18)25-20/h2-7,12,14H,1,8-11H2. The van der Waals surface area contributed by atoms with Crippen molar-refractivity contribution in [2.75, 3.05) is 13.1 Å². The monoisotopic (exact) mass is 356 g/mol. The smallest absolute Gasteiger partial charge is 0.135 e. The summed E-state index contributed by atoms with van der Waals surface area (Å²) in [5.41, 5.74) is 2.06. The van der Waals surface area contributed by atoms with Crippen molar-refractivity contribution >= 4 is 27.3 Å². The number of piperidine rings is 1. The van der Waals surface area contributed by atoms with Crippen LogP contribution >= 0.6 is 11.3 Å². The van der Waals surface area contributed by atoms with E-state index in [4.69, 9.17) is 4.98 Å². The second kappa shape index (κ2) is 6.56. The number of para-hydroxylation sites is 1. The molecule has 2 nitrogen and oxygen atoms in total. The molecule has 0 spiro atoms. The van der Waals surface area contributed by atoms with Gasteiger partial charge in [-0.05, 0) is 37.1 Å². The lowest BCUT2D eigenvalue weighted by Gasteiger charge is -2.34. The van der Waals surface area contributed by atoms with Gasteiger partial charge in [-0.3, -0.25) is 0 Å². The van der Waals surface area contributed by atoms with Gasteiger partial charge in [-0.25, -0.2) is 13.8 Å². The number of aromatic nitrogens is 1. The van der Waals surface area contributed by atoms with Gasteiger partial charge in [-0.1, -0.05) is 18.7 Å². The van der Waals surface area contributed by atoms with Crippen molar-refractivity contribution in [3.05, 3.63) is 71.2 Å². The van der Waals surface area contributed by atoms with Crippen molar-refractivity contribution in [2.24, 2.45) is 0 Å². The highest BCUT2D eigenvalue weighted by Gasteiger charge is 2.25. The molecule has 0 saturated carbocycles. The van der Waals surface area contributed by atoms with Gasteiger partial charge in [0.1, 0.15) is 11.6 Å². The molecule has 1 saturated heterocycles. The first-order valence-electron chi connectivity index (χ1n) is 8.36. The number of nitrogens with zero attached hydrogens (tertiary/aromatic N) is 2. The van der Waals surface area contributed by atoms with Gasteiger partial charge in [0.15, 0.2) is 0 Å². The number of benzene rings is 2. The largest absolute Gasteiger partial charge is 0.371 e. The number of halogens is 2. The Labute approximate surface area is 149 Å². The minimum atomic E-state index is -0.566. The van der Waals surface area contributed by atoms with Crippen LogP contribution in [0, 0.1) is 11.6 Å². The maximum absolute atomic E-state index is 14.0. The van der Waals surface area contributed by atoms with E-state index in [1.54, 1.807) is 11.3 Å². The van der Waals surface area contributed by atoms with Gasteiger partial charge in [-0.15, -0.1) is 11.3 Å². The molecule has 0 radical (unpaired) electrons. The van der Waals surface area contributed by atoms with Crippen LogP contribution in [0.5, 0.6) is 0 Å². The summed E-state index contributed by atoms with van der Waals surface area (Å²) >= 11 is 1.76. The summed E-state index contributed by atoms with van der Waals surface area (Å²) in [5.74, 6) is -0.693. The summed E-state index contributed by atoms with van der Waals surface area (Å²) in [6, 6.07) is 11.8. The maximum Gasteiger partial charge on any atom is 0.135 e. The highest BCUT2D eigenvalue weighted by atomic mass is 32.1. The third-order valence-corrected chi connectivity index (χ3v) is 5.98. The predicted molar refractivity (Wildman–Crippen MR) is 98.6 cm³/mol. The Hall–Kier alpha value is -2.27. The van der Waals surface area contributed by atoms with Crippen molar-refractivity contribution < 1.29 is 8.78 Å². The Morgan fingerprint density at radius 1 is 1.12 bits per heavy atom. The van der Waals surface area contributed by atoms with Crippen LogP contribution in [0.15, 0.2) is 49.0 Å². The summed E-state index contributed by atoms with van der Waals surface area (Å²) in [6.45, 7) is 5.63. The average molecular weight is 356 g/mol. The molecule has 2 aromatic carbocycles. The summed E-state index contributed by atoms with van der Waals surface area (Å²) in [4.78, 5) is 6.85. The summed E-state index contributed by atoms with van der Waals surface area (Å²) in [5, 5.41) is 1.18. The van der Waals surface area contributed by atoms with Crippen molar-refractivity contribution in [1.29, 1.82) is 0 Å². The molecule has 4 rings (SSSR count). The van der Waals surface area contributed by atoms with E-state index in [0.29, 0.717) is 17.2 Å². The molecule has 0 aliphatic carbocycles. The summed E-state index contributed by atoms with van der Waals surface area (Å²) in [6.07, 6.45) is 1.92. The van der Waals surface area contributed by atoms with E-state index in [-0.39, 0.29) is 0 Å². The van der Waals surface area contributed by atoms with Crippen molar-refractivity contribution in [2.45, 2.75) is 18.8 Å². The topological polar surface area (TPSA) is 16.1 Å². The zero-order valence-electron chi connectivity index (χ0n) is 13.7. The number of hydrogen-bond acceptors (Lipinski definition) is 3. The Kier molecular flexibility index (Phi) is 4.25. The molecule has 0 atom stereocenters. The number of hydrogen-bond donors (Lipinski definition) is 0. The molecule has 0 bridgehead atoms. The van der Waals surface area contributed by atoms with Gasteiger partial charge in [0, 0.05) is 36.3 Å². The fourth-order valence-electron chi connectivity index (χ4n) is 3.35. The van der Waals surface area contributed by atoms with Crippen LogP contribution in [0.1, 0.15) is 29.3 Å². The Morgan fingerprint density at radius 2 is 1.88 bits per heavy atom. The molecule has 1 aliphatic rings. The fourth-order valence-corrected chi connectivity index (χ4v) is 4.49. The van der Waals surface area contributed by atoms with Crippen LogP contribution in [0.4, 0.5) is 8.78 Å². The van der Waals surface area contributed by atoms with Gasteiger partial charge in [-0.2, -0.15) is 0 Å². The van der Waals surface area contributed by atoms with Gasteiger partial charge in [0.2, 0.25) is 0 Å². The molecule has 3 aromatic rings. The van der Waals surface area contributed by atoms with Crippen LogP contribution in [0.3, 0.4) is 0 Å². The third-order valence-electron chi connectivity index (χ3n) is 4.78. The number of fused-ring (bicyclic) bond motifs is 1. The van der Waals surface area contributed by atoms with E-state index in [2.05, 4.69) is 17.5 Å². The number of rotatable bonds is 3. The second-order valence-electron chi connectivity index (χ2n) is 6.35. The van der Waals surface area contributed by atoms with E-state index in [9.17, 15) is 8.78 Å².